The molecule has 0 aliphatic rings. The minimum absolute atomic E-state index is 0.153. The number of aromatic nitrogens is 2. The van der Waals surface area contributed by atoms with Gasteiger partial charge in [-0.1, -0.05) is 47.5 Å². The molecule has 174 valence electrons. The van der Waals surface area contributed by atoms with Crippen molar-refractivity contribution in [2.75, 3.05) is 14.2 Å². The maximum absolute atomic E-state index is 13.4. The van der Waals surface area contributed by atoms with E-state index in [0.29, 0.717) is 23.6 Å². The molecule has 3 aromatic carbocycles. The van der Waals surface area contributed by atoms with Crippen LogP contribution in [0.5, 0.6) is 11.5 Å². The number of hydrogen-bond donors (Lipinski definition) is 1. The van der Waals surface area contributed by atoms with Gasteiger partial charge >= 0.3 is 0 Å². The van der Waals surface area contributed by atoms with Crippen LogP contribution in [0.1, 0.15) is 27.0 Å². The molecule has 1 aromatic heterocycles. The Labute approximate surface area is 200 Å². The van der Waals surface area contributed by atoms with Crippen LogP contribution in [0.3, 0.4) is 0 Å². The Morgan fingerprint density at radius 1 is 0.882 bits per heavy atom. The van der Waals surface area contributed by atoms with E-state index in [9.17, 15) is 4.79 Å². The van der Waals surface area contributed by atoms with Crippen LogP contribution in [0.15, 0.2) is 67.0 Å². The number of aryl methyl sites for hydroxylation is 3. The number of amides is 1. The zero-order valence-corrected chi connectivity index (χ0v) is 20.2. The van der Waals surface area contributed by atoms with Gasteiger partial charge < -0.3 is 14.8 Å². The minimum atomic E-state index is -0.153. The van der Waals surface area contributed by atoms with Crippen LogP contribution in [-0.4, -0.2) is 29.9 Å². The number of rotatable bonds is 7. The Morgan fingerprint density at radius 3 is 2.26 bits per heavy atom. The van der Waals surface area contributed by atoms with Crippen LogP contribution in [-0.2, 0) is 13.6 Å². The van der Waals surface area contributed by atoms with E-state index in [4.69, 9.17) is 9.47 Å². The highest BCUT2D eigenvalue weighted by molar-refractivity contribution is 6.02. The largest absolute Gasteiger partial charge is 0.493 e. The van der Waals surface area contributed by atoms with Crippen molar-refractivity contribution in [1.82, 2.24) is 15.1 Å². The molecule has 1 amide bonds. The Kier molecular flexibility index (Phi) is 6.68. The van der Waals surface area contributed by atoms with Crippen molar-refractivity contribution in [2.24, 2.45) is 7.05 Å². The molecule has 0 atom stereocenters. The lowest BCUT2D eigenvalue weighted by Gasteiger charge is -2.14. The van der Waals surface area contributed by atoms with E-state index in [1.165, 1.54) is 11.1 Å². The highest BCUT2D eigenvalue weighted by atomic mass is 16.5. The maximum Gasteiger partial charge on any atom is 0.252 e. The summed E-state index contributed by atoms with van der Waals surface area (Å²) in [4.78, 5) is 13.4. The molecule has 1 heterocycles. The van der Waals surface area contributed by atoms with Gasteiger partial charge in [-0.2, -0.15) is 5.10 Å². The summed E-state index contributed by atoms with van der Waals surface area (Å²) < 4.78 is 12.4. The molecule has 0 spiro atoms. The summed E-state index contributed by atoms with van der Waals surface area (Å²) in [7, 11) is 5.06. The van der Waals surface area contributed by atoms with E-state index in [1.807, 2.05) is 43.6 Å². The SMILES string of the molecule is COc1ccc(CNC(=O)c2cc(-c3cc(C)cc(C)c3)ccc2-c2cnn(C)c2)cc1OC. The fourth-order valence-corrected chi connectivity index (χ4v) is 4.13. The fraction of sp³-hybridized carbons (Fsp3) is 0.214. The lowest BCUT2D eigenvalue weighted by Crippen LogP contribution is -2.23. The second-order valence-electron chi connectivity index (χ2n) is 8.41. The van der Waals surface area contributed by atoms with Gasteiger partial charge in [0.15, 0.2) is 11.5 Å². The van der Waals surface area contributed by atoms with Crippen molar-refractivity contribution in [3.8, 4) is 33.8 Å². The molecule has 0 saturated heterocycles. The minimum Gasteiger partial charge on any atom is -0.493 e. The number of nitrogens with one attached hydrogen (secondary N) is 1. The van der Waals surface area contributed by atoms with Crippen molar-refractivity contribution >= 4 is 5.91 Å². The first-order valence-corrected chi connectivity index (χ1v) is 11.1. The fourth-order valence-electron chi connectivity index (χ4n) is 4.13. The first-order valence-electron chi connectivity index (χ1n) is 11.1. The Bertz CT molecular complexity index is 1320. The first kappa shape index (κ1) is 23.1. The maximum atomic E-state index is 13.4. The predicted octanol–water partition coefficient (Wildman–Crippen LogP) is 5.32. The summed E-state index contributed by atoms with van der Waals surface area (Å²) in [5, 5.41) is 7.35. The molecule has 4 rings (SSSR count). The summed E-state index contributed by atoms with van der Waals surface area (Å²) in [5.74, 6) is 1.12. The molecule has 0 saturated carbocycles. The van der Waals surface area contributed by atoms with Crippen LogP contribution in [0.25, 0.3) is 22.3 Å². The molecule has 0 aliphatic carbocycles. The average molecular weight is 456 g/mol. The number of carbonyl (C=O) groups excluding carboxylic acids is 1. The number of benzene rings is 3. The van der Waals surface area contributed by atoms with E-state index in [1.54, 1.807) is 25.1 Å². The molecule has 1 N–H and O–H groups in total. The third-order valence-corrected chi connectivity index (χ3v) is 5.74. The molecule has 6 nitrogen and oxygen atoms in total. The van der Waals surface area contributed by atoms with Crippen LogP contribution in [0, 0.1) is 13.8 Å². The normalized spacial score (nSPS) is 10.7. The topological polar surface area (TPSA) is 65.4 Å². The van der Waals surface area contributed by atoms with Gasteiger partial charge in [0, 0.05) is 30.9 Å². The van der Waals surface area contributed by atoms with E-state index in [-0.39, 0.29) is 5.91 Å². The lowest BCUT2D eigenvalue weighted by molar-refractivity contribution is 0.0951. The number of carbonyl (C=O) groups is 1. The summed E-state index contributed by atoms with van der Waals surface area (Å²) in [6.45, 7) is 4.52. The third-order valence-electron chi connectivity index (χ3n) is 5.74. The van der Waals surface area contributed by atoms with Crippen LogP contribution >= 0.6 is 0 Å². The van der Waals surface area contributed by atoms with Gasteiger partial charge in [-0.05, 0) is 54.3 Å². The molecule has 0 unspecified atom stereocenters. The predicted molar refractivity (Wildman–Crippen MR) is 134 cm³/mol. The smallest absolute Gasteiger partial charge is 0.252 e. The van der Waals surface area contributed by atoms with Crippen LogP contribution in [0.4, 0.5) is 0 Å². The van der Waals surface area contributed by atoms with E-state index in [0.717, 1.165) is 27.8 Å². The van der Waals surface area contributed by atoms with Gasteiger partial charge in [0.25, 0.3) is 5.91 Å². The zero-order chi connectivity index (χ0) is 24.2. The zero-order valence-electron chi connectivity index (χ0n) is 20.2. The highest BCUT2D eigenvalue weighted by Crippen LogP contribution is 2.31. The van der Waals surface area contributed by atoms with Crippen molar-refractivity contribution in [3.63, 3.8) is 0 Å². The average Bonchev–Trinajstić information content (AvgIpc) is 3.27. The van der Waals surface area contributed by atoms with Crippen molar-refractivity contribution in [3.05, 3.63) is 89.2 Å². The van der Waals surface area contributed by atoms with E-state index >= 15 is 0 Å². The Hall–Kier alpha value is -4.06. The standard InChI is InChI=1S/C28H29N3O3/c1-18-10-19(2)12-22(11-18)21-7-8-24(23-16-30-31(3)17-23)25(14-21)28(32)29-15-20-6-9-26(33-4)27(13-20)34-5/h6-14,16-17H,15H2,1-5H3,(H,29,32). The number of nitrogens with zero attached hydrogens (tertiary/aromatic N) is 2. The molecule has 0 radical (unpaired) electrons. The molecule has 0 bridgehead atoms. The number of methoxy groups -OCH3 is 2. The summed E-state index contributed by atoms with van der Waals surface area (Å²) >= 11 is 0. The molecule has 34 heavy (non-hydrogen) atoms. The summed E-state index contributed by atoms with van der Waals surface area (Å²) in [6, 6.07) is 18.0. The van der Waals surface area contributed by atoms with Gasteiger partial charge in [-0.25, -0.2) is 0 Å². The van der Waals surface area contributed by atoms with Gasteiger partial charge in [0.2, 0.25) is 0 Å². The molecule has 6 heteroatoms. The molecular formula is C28H29N3O3. The number of hydrogen-bond acceptors (Lipinski definition) is 4. The van der Waals surface area contributed by atoms with Crippen molar-refractivity contribution in [2.45, 2.75) is 20.4 Å². The molecule has 0 fully saturated rings. The summed E-state index contributed by atoms with van der Waals surface area (Å²) in [6.07, 6.45) is 3.69. The Morgan fingerprint density at radius 2 is 1.62 bits per heavy atom. The van der Waals surface area contributed by atoms with E-state index < -0.39 is 0 Å². The van der Waals surface area contributed by atoms with Gasteiger partial charge in [-0.3, -0.25) is 9.48 Å². The molecular weight excluding hydrogens is 426 g/mol. The third kappa shape index (κ3) is 4.96. The quantitative estimate of drug-likeness (QED) is 0.410. The first-order chi connectivity index (χ1) is 16.4. The molecule has 0 aliphatic heterocycles. The summed E-state index contributed by atoms with van der Waals surface area (Å²) in [5.41, 5.74) is 7.71. The highest BCUT2D eigenvalue weighted by Gasteiger charge is 2.16. The monoisotopic (exact) mass is 455 g/mol. The number of ether oxygens (including phenoxy) is 2. The second kappa shape index (κ2) is 9.83. The van der Waals surface area contributed by atoms with Crippen LogP contribution in [0.2, 0.25) is 0 Å². The van der Waals surface area contributed by atoms with E-state index in [2.05, 4.69) is 48.5 Å². The molecule has 4 aromatic rings. The van der Waals surface area contributed by atoms with Crippen molar-refractivity contribution in [1.29, 1.82) is 0 Å². The lowest BCUT2D eigenvalue weighted by atomic mass is 9.94. The van der Waals surface area contributed by atoms with Crippen molar-refractivity contribution < 1.29 is 14.3 Å². The van der Waals surface area contributed by atoms with Gasteiger partial charge in [0.05, 0.1) is 20.4 Å². The van der Waals surface area contributed by atoms with Crippen LogP contribution < -0.4 is 14.8 Å². The second-order valence-corrected chi connectivity index (χ2v) is 8.41. The Balaban J connectivity index is 1.68. The van der Waals surface area contributed by atoms with Gasteiger partial charge in [0.1, 0.15) is 0 Å². The van der Waals surface area contributed by atoms with Gasteiger partial charge in [-0.15, -0.1) is 0 Å².